The molecule has 0 radical (unpaired) electrons. The summed E-state index contributed by atoms with van der Waals surface area (Å²) >= 11 is 0. The lowest BCUT2D eigenvalue weighted by Crippen LogP contribution is -2.18. The van der Waals surface area contributed by atoms with Crippen molar-refractivity contribution in [2.24, 2.45) is 11.8 Å². The second-order valence-electron chi connectivity index (χ2n) is 3.70. The maximum Gasteiger partial charge on any atom is 0.306 e. The van der Waals surface area contributed by atoms with Crippen molar-refractivity contribution in [3.63, 3.8) is 0 Å². The summed E-state index contributed by atoms with van der Waals surface area (Å²) < 4.78 is 0. The van der Waals surface area contributed by atoms with Crippen molar-refractivity contribution in [3.8, 4) is 0 Å². The standard InChI is InChI=1S/C12H18O4/c1-3-5-9(11(13)14)7-8-10(6-4-2)12(15)16/h3-4,9-10H,1-2,5-8H2,(H,13,14)(H,15,16)/t9-,10+. The van der Waals surface area contributed by atoms with E-state index in [4.69, 9.17) is 10.2 Å². The highest BCUT2D eigenvalue weighted by molar-refractivity contribution is 5.71. The first-order chi connectivity index (χ1) is 7.52. The summed E-state index contributed by atoms with van der Waals surface area (Å²) in [6.07, 6.45) is 4.54. The van der Waals surface area contributed by atoms with Gasteiger partial charge in [-0.15, -0.1) is 13.2 Å². The highest BCUT2D eigenvalue weighted by atomic mass is 16.4. The monoisotopic (exact) mass is 226 g/mol. The number of rotatable bonds is 9. The number of hydrogen-bond donors (Lipinski definition) is 2. The van der Waals surface area contributed by atoms with Gasteiger partial charge in [-0.3, -0.25) is 9.59 Å². The maximum atomic E-state index is 10.8. The van der Waals surface area contributed by atoms with Gasteiger partial charge in [0.2, 0.25) is 0 Å². The van der Waals surface area contributed by atoms with Gasteiger partial charge in [0.15, 0.2) is 0 Å². The predicted octanol–water partition coefficient (Wildman–Crippen LogP) is 2.32. The Hall–Kier alpha value is -1.58. The molecule has 0 unspecified atom stereocenters. The molecular weight excluding hydrogens is 208 g/mol. The molecule has 0 aliphatic carbocycles. The molecule has 0 heterocycles. The fourth-order valence-corrected chi connectivity index (χ4v) is 1.49. The van der Waals surface area contributed by atoms with E-state index in [9.17, 15) is 9.59 Å². The number of carboxylic acids is 2. The topological polar surface area (TPSA) is 74.6 Å². The van der Waals surface area contributed by atoms with Gasteiger partial charge in [-0.1, -0.05) is 12.2 Å². The molecule has 0 saturated carbocycles. The fraction of sp³-hybridized carbons (Fsp3) is 0.500. The van der Waals surface area contributed by atoms with Gasteiger partial charge >= 0.3 is 11.9 Å². The van der Waals surface area contributed by atoms with Gasteiger partial charge in [-0.2, -0.15) is 0 Å². The summed E-state index contributed by atoms with van der Waals surface area (Å²) in [4.78, 5) is 21.6. The van der Waals surface area contributed by atoms with E-state index in [2.05, 4.69) is 13.2 Å². The predicted molar refractivity (Wildman–Crippen MR) is 61.1 cm³/mol. The molecule has 16 heavy (non-hydrogen) atoms. The van der Waals surface area contributed by atoms with Crippen LogP contribution in [0.5, 0.6) is 0 Å². The molecule has 0 aliphatic rings. The van der Waals surface area contributed by atoms with Crippen molar-refractivity contribution in [2.45, 2.75) is 25.7 Å². The van der Waals surface area contributed by atoms with Crippen molar-refractivity contribution in [2.75, 3.05) is 0 Å². The van der Waals surface area contributed by atoms with E-state index in [1.54, 1.807) is 12.2 Å². The van der Waals surface area contributed by atoms with Crippen LogP contribution in [0.2, 0.25) is 0 Å². The summed E-state index contributed by atoms with van der Waals surface area (Å²) in [5, 5.41) is 17.7. The van der Waals surface area contributed by atoms with Gasteiger partial charge in [0, 0.05) is 0 Å². The van der Waals surface area contributed by atoms with Gasteiger partial charge in [-0.05, 0) is 25.7 Å². The highest BCUT2D eigenvalue weighted by Crippen LogP contribution is 2.19. The maximum absolute atomic E-state index is 10.8. The van der Waals surface area contributed by atoms with E-state index in [0.717, 1.165) is 0 Å². The molecule has 0 aromatic carbocycles. The lowest BCUT2D eigenvalue weighted by Gasteiger charge is -2.13. The molecule has 0 spiro atoms. The quantitative estimate of drug-likeness (QED) is 0.592. The van der Waals surface area contributed by atoms with E-state index in [1.165, 1.54) is 0 Å². The van der Waals surface area contributed by atoms with E-state index in [1.807, 2.05) is 0 Å². The van der Waals surface area contributed by atoms with Crippen LogP contribution in [-0.4, -0.2) is 22.2 Å². The Balaban J connectivity index is 4.24. The first-order valence-electron chi connectivity index (χ1n) is 5.20. The first kappa shape index (κ1) is 14.4. The molecule has 0 bridgehead atoms. The summed E-state index contributed by atoms with van der Waals surface area (Å²) in [5.74, 6) is -2.88. The number of carboxylic acid groups (broad SMARTS) is 2. The highest BCUT2D eigenvalue weighted by Gasteiger charge is 2.21. The van der Waals surface area contributed by atoms with Crippen LogP contribution in [-0.2, 0) is 9.59 Å². The zero-order chi connectivity index (χ0) is 12.6. The molecule has 0 aromatic rings. The molecular formula is C12H18O4. The Kier molecular flexibility index (Phi) is 6.92. The third kappa shape index (κ3) is 5.34. The van der Waals surface area contributed by atoms with Crippen LogP contribution >= 0.6 is 0 Å². The molecule has 2 atom stereocenters. The SMILES string of the molecule is C=CC[C@H](CC[C@H](CC=C)C(=O)O)C(=O)O. The molecule has 4 nitrogen and oxygen atoms in total. The van der Waals surface area contributed by atoms with Crippen LogP contribution in [0.25, 0.3) is 0 Å². The van der Waals surface area contributed by atoms with Gasteiger partial charge in [0.05, 0.1) is 11.8 Å². The lowest BCUT2D eigenvalue weighted by molar-refractivity contribution is -0.145. The van der Waals surface area contributed by atoms with Gasteiger partial charge in [0.1, 0.15) is 0 Å². The third-order valence-electron chi connectivity index (χ3n) is 2.46. The minimum Gasteiger partial charge on any atom is -0.481 e. The Labute approximate surface area is 95.3 Å². The molecule has 2 N–H and O–H groups in total. The van der Waals surface area contributed by atoms with Crippen molar-refractivity contribution in [3.05, 3.63) is 25.3 Å². The molecule has 0 rings (SSSR count). The van der Waals surface area contributed by atoms with E-state index in [-0.39, 0.29) is 0 Å². The Morgan fingerprint density at radius 3 is 1.44 bits per heavy atom. The first-order valence-corrected chi connectivity index (χ1v) is 5.20. The van der Waals surface area contributed by atoms with Crippen molar-refractivity contribution >= 4 is 11.9 Å². The number of hydrogen-bond acceptors (Lipinski definition) is 2. The number of aliphatic carboxylic acids is 2. The van der Waals surface area contributed by atoms with E-state index < -0.39 is 23.8 Å². The van der Waals surface area contributed by atoms with Crippen LogP contribution in [0, 0.1) is 11.8 Å². The minimum atomic E-state index is -0.900. The third-order valence-corrected chi connectivity index (χ3v) is 2.46. The summed E-state index contributed by atoms with van der Waals surface area (Å²) in [7, 11) is 0. The largest absolute Gasteiger partial charge is 0.481 e. The molecule has 0 aliphatic heterocycles. The fourth-order valence-electron chi connectivity index (χ4n) is 1.49. The Bertz CT molecular complexity index is 242. The van der Waals surface area contributed by atoms with Crippen molar-refractivity contribution in [1.82, 2.24) is 0 Å². The average Bonchev–Trinajstić information content (AvgIpc) is 2.21. The molecule has 0 amide bonds. The Morgan fingerprint density at radius 1 is 0.938 bits per heavy atom. The van der Waals surface area contributed by atoms with Crippen molar-refractivity contribution < 1.29 is 19.8 Å². The number of carbonyl (C=O) groups is 2. The normalized spacial score (nSPS) is 13.8. The zero-order valence-corrected chi connectivity index (χ0v) is 9.26. The van der Waals surface area contributed by atoms with Crippen LogP contribution < -0.4 is 0 Å². The van der Waals surface area contributed by atoms with Gasteiger partial charge in [0.25, 0.3) is 0 Å². The van der Waals surface area contributed by atoms with E-state index >= 15 is 0 Å². The molecule has 90 valence electrons. The van der Waals surface area contributed by atoms with Crippen LogP contribution in [0.1, 0.15) is 25.7 Å². The van der Waals surface area contributed by atoms with E-state index in [0.29, 0.717) is 25.7 Å². The second kappa shape index (κ2) is 7.68. The van der Waals surface area contributed by atoms with Gasteiger partial charge in [-0.25, -0.2) is 0 Å². The summed E-state index contributed by atoms with van der Waals surface area (Å²) in [6.45, 7) is 6.97. The van der Waals surface area contributed by atoms with Crippen LogP contribution in [0.3, 0.4) is 0 Å². The minimum absolute atomic E-state index is 0.353. The summed E-state index contributed by atoms with van der Waals surface area (Å²) in [6, 6.07) is 0. The number of allylic oxidation sites excluding steroid dienone is 2. The molecule has 4 heteroatoms. The molecule has 0 aromatic heterocycles. The van der Waals surface area contributed by atoms with Crippen molar-refractivity contribution in [1.29, 1.82) is 0 Å². The molecule has 0 saturated heterocycles. The van der Waals surface area contributed by atoms with Crippen LogP contribution in [0.15, 0.2) is 25.3 Å². The van der Waals surface area contributed by atoms with Gasteiger partial charge < -0.3 is 10.2 Å². The zero-order valence-electron chi connectivity index (χ0n) is 9.26. The molecule has 0 fully saturated rings. The lowest BCUT2D eigenvalue weighted by atomic mass is 9.92. The van der Waals surface area contributed by atoms with Crippen LogP contribution in [0.4, 0.5) is 0 Å². The smallest absolute Gasteiger partial charge is 0.306 e. The summed E-state index contributed by atoms with van der Waals surface area (Å²) in [5.41, 5.74) is 0. The Morgan fingerprint density at radius 2 is 1.25 bits per heavy atom. The average molecular weight is 226 g/mol. The second-order valence-corrected chi connectivity index (χ2v) is 3.70.